The molecule has 0 aliphatic heterocycles. The maximum absolute atomic E-state index is 4.64. The van der Waals surface area contributed by atoms with Crippen molar-refractivity contribution in [2.24, 2.45) is 5.92 Å². The first-order valence-electron chi connectivity index (χ1n) is 5.61. The second kappa shape index (κ2) is 4.65. The standard InChI is InChI=1S/C12H14N2S2/c1-2-11(15-5-1)12-14-10(8-16-12)7-13-6-9-3-4-9/h1-2,5,8-9,13H,3-4,6-7H2. The van der Waals surface area contributed by atoms with Crippen molar-refractivity contribution in [2.75, 3.05) is 6.54 Å². The fraction of sp³-hybridized carbons (Fsp3) is 0.417. The van der Waals surface area contributed by atoms with E-state index in [1.54, 1.807) is 22.7 Å². The van der Waals surface area contributed by atoms with Gasteiger partial charge in [0.25, 0.3) is 0 Å². The van der Waals surface area contributed by atoms with Gasteiger partial charge in [-0.15, -0.1) is 22.7 Å². The number of nitrogens with zero attached hydrogens (tertiary/aromatic N) is 1. The molecule has 0 saturated heterocycles. The topological polar surface area (TPSA) is 24.9 Å². The molecular weight excluding hydrogens is 236 g/mol. The van der Waals surface area contributed by atoms with Crippen LogP contribution >= 0.6 is 22.7 Å². The summed E-state index contributed by atoms with van der Waals surface area (Å²) in [6.07, 6.45) is 2.81. The van der Waals surface area contributed by atoms with Gasteiger partial charge < -0.3 is 5.32 Å². The zero-order valence-electron chi connectivity index (χ0n) is 8.98. The molecule has 1 N–H and O–H groups in total. The fourth-order valence-corrected chi connectivity index (χ4v) is 3.26. The fourth-order valence-electron chi connectivity index (χ4n) is 1.63. The van der Waals surface area contributed by atoms with Gasteiger partial charge in [-0.3, -0.25) is 0 Å². The lowest BCUT2D eigenvalue weighted by molar-refractivity contribution is 0.632. The Hall–Kier alpha value is -0.710. The van der Waals surface area contributed by atoms with E-state index in [9.17, 15) is 0 Å². The Labute approximate surface area is 103 Å². The second-order valence-corrected chi connectivity index (χ2v) is 6.00. The summed E-state index contributed by atoms with van der Waals surface area (Å²) in [6.45, 7) is 2.07. The van der Waals surface area contributed by atoms with E-state index in [4.69, 9.17) is 0 Å². The molecule has 0 radical (unpaired) electrons. The van der Waals surface area contributed by atoms with Crippen LogP contribution in [0.2, 0.25) is 0 Å². The van der Waals surface area contributed by atoms with E-state index in [1.807, 2.05) is 0 Å². The molecule has 1 aliphatic rings. The van der Waals surface area contributed by atoms with Gasteiger partial charge >= 0.3 is 0 Å². The molecule has 0 aromatic carbocycles. The Bertz CT molecular complexity index is 443. The SMILES string of the molecule is c1csc(-c2nc(CNCC3CC3)cs2)c1. The number of rotatable bonds is 5. The van der Waals surface area contributed by atoms with Crippen molar-refractivity contribution in [3.05, 3.63) is 28.6 Å². The Morgan fingerprint density at radius 1 is 1.38 bits per heavy atom. The Morgan fingerprint density at radius 2 is 2.31 bits per heavy atom. The molecule has 0 spiro atoms. The highest BCUT2D eigenvalue weighted by molar-refractivity contribution is 7.20. The normalized spacial score (nSPS) is 15.5. The predicted octanol–water partition coefficient (Wildman–Crippen LogP) is 3.37. The Morgan fingerprint density at radius 3 is 3.06 bits per heavy atom. The van der Waals surface area contributed by atoms with Crippen molar-refractivity contribution < 1.29 is 0 Å². The number of hydrogen-bond donors (Lipinski definition) is 1. The van der Waals surface area contributed by atoms with Crippen LogP contribution in [0.25, 0.3) is 9.88 Å². The van der Waals surface area contributed by atoms with Gasteiger partial charge in [-0.2, -0.15) is 0 Å². The summed E-state index contributed by atoms with van der Waals surface area (Å²) in [4.78, 5) is 5.91. The van der Waals surface area contributed by atoms with Crippen LogP contribution < -0.4 is 5.32 Å². The van der Waals surface area contributed by atoms with Gasteiger partial charge in [-0.1, -0.05) is 6.07 Å². The highest BCUT2D eigenvalue weighted by atomic mass is 32.1. The molecule has 2 nitrogen and oxygen atoms in total. The quantitative estimate of drug-likeness (QED) is 0.880. The number of hydrogen-bond acceptors (Lipinski definition) is 4. The molecule has 0 atom stereocenters. The second-order valence-electron chi connectivity index (χ2n) is 4.20. The van der Waals surface area contributed by atoms with Crippen molar-refractivity contribution in [1.29, 1.82) is 0 Å². The van der Waals surface area contributed by atoms with E-state index < -0.39 is 0 Å². The van der Waals surface area contributed by atoms with Crippen LogP contribution in [0.4, 0.5) is 0 Å². The molecule has 1 fully saturated rings. The van der Waals surface area contributed by atoms with E-state index in [1.165, 1.54) is 23.4 Å². The van der Waals surface area contributed by atoms with Crippen molar-refractivity contribution in [3.8, 4) is 9.88 Å². The van der Waals surface area contributed by atoms with Crippen LogP contribution in [0.1, 0.15) is 18.5 Å². The van der Waals surface area contributed by atoms with Gasteiger partial charge in [0, 0.05) is 11.9 Å². The summed E-state index contributed by atoms with van der Waals surface area (Å²) in [5, 5.41) is 8.88. The summed E-state index contributed by atoms with van der Waals surface area (Å²) in [5.41, 5.74) is 1.18. The zero-order valence-corrected chi connectivity index (χ0v) is 10.6. The number of aromatic nitrogens is 1. The smallest absolute Gasteiger partial charge is 0.133 e. The summed E-state index contributed by atoms with van der Waals surface area (Å²) >= 11 is 3.50. The largest absolute Gasteiger partial charge is 0.311 e. The molecule has 0 amide bonds. The van der Waals surface area contributed by atoms with Crippen LogP contribution in [-0.2, 0) is 6.54 Å². The first-order chi connectivity index (χ1) is 7.92. The van der Waals surface area contributed by atoms with Crippen LogP contribution in [0, 0.1) is 5.92 Å². The molecule has 4 heteroatoms. The van der Waals surface area contributed by atoms with Crippen molar-refractivity contribution >= 4 is 22.7 Å². The molecule has 84 valence electrons. The molecule has 1 aliphatic carbocycles. The Balaban J connectivity index is 1.59. The minimum Gasteiger partial charge on any atom is -0.311 e. The summed E-state index contributed by atoms with van der Waals surface area (Å²) in [6, 6.07) is 4.21. The van der Waals surface area contributed by atoms with E-state index in [-0.39, 0.29) is 0 Å². The number of nitrogens with one attached hydrogen (secondary N) is 1. The van der Waals surface area contributed by atoms with Crippen LogP contribution in [-0.4, -0.2) is 11.5 Å². The summed E-state index contributed by atoms with van der Waals surface area (Å²) in [5.74, 6) is 0.940. The molecule has 2 aromatic rings. The molecule has 1 saturated carbocycles. The first-order valence-corrected chi connectivity index (χ1v) is 7.37. The minimum atomic E-state index is 0.915. The average Bonchev–Trinajstić information content (AvgIpc) is 2.83. The molecule has 16 heavy (non-hydrogen) atoms. The molecule has 2 heterocycles. The molecule has 2 aromatic heterocycles. The van der Waals surface area contributed by atoms with Crippen molar-refractivity contribution in [1.82, 2.24) is 10.3 Å². The van der Waals surface area contributed by atoms with Gasteiger partial charge in [0.2, 0.25) is 0 Å². The van der Waals surface area contributed by atoms with Gasteiger partial charge in [0.05, 0.1) is 10.6 Å². The van der Waals surface area contributed by atoms with Gasteiger partial charge in [0.1, 0.15) is 5.01 Å². The van der Waals surface area contributed by atoms with E-state index >= 15 is 0 Å². The van der Waals surface area contributed by atoms with E-state index in [2.05, 4.69) is 33.2 Å². The number of thiophene rings is 1. The lowest BCUT2D eigenvalue weighted by Crippen LogP contribution is -2.16. The average molecular weight is 250 g/mol. The highest BCUT2D eigenvalue weighted by Crippen LogP contribution is 2.29. The van der Waals surface area contributed by atoms with Crippen molar-refractivity contribution in [2.45, 2.75) is 19.4 Å². The van der Waals surface area contributed by atoms with Crippen LogP contribution in [0.5, 0.6) is 0 Å². The highest BCUT2D eigenvalue weighted by Gasteiger charge is 2.20. The third-order valence-corrected chi connectivity index (χ3v) is 4.65. The van der Waals surface area contributed by atoms with Crippen molar-refractivity contribution in [3.63, 3.8) is 0 Å². The third kappa shape index (κ3) is 2.51. The maximum Gasteiger partial charge on any atom is 0.133 e. The molecule has 3 rings (SSSR count). The molecule has 0 unspecified atom stereocenters. The van der Waals surface area contributed by atoms with E-state index in [0.29, 0.717) is 0 Å². The van der Waals surface area contributed by atoms with Gasteiger partial charge in [-0.05, 0) is 36.8 Å². The Kier molecular flexibility index (Phi) is 3.04. The number of thiazole rings is 1. The van der Waals surface area contributed by atoms with E-state index in [0.717, 1.165) is 24.0 Å². The molecule has 0 bridgehead atoms. The lowest BCUT2D eigenvalue weighted by atomic mass is 10.4. The van der Waals surface area contributed by atoms with Crippen LogP contribution in [0.15, 0.2) is 22.9 Å². The third-order valence-electron chi connectivity index (χ3n) is 2.72. The zero-order chi connectivity index (χ0) is 10.8. The van der Waals surface area contributed by atoms with Gasteiger partial charge in [-0.25, -0.2) is 4.98 Å². The first kappa shape index (κ1) is 10.4. The summed E-state index contributed by atoms with van der Waals surface area (Å²) < 4.78 is 0. The lowest BCUT2D eigenvalue weighted by Gasteiger charge is -1.99. The van der Waals surface area contributed by atoms with Crippen LogP contribution in [0.3, 0.4) is 0 Å². The predicted molar refractivity (Wildman–Crippen MR) is 69.9 cm³/mol. The monoisotopic (exact) mass is 250 g/mol. The minimum absolute atomic E-state index is 0.915. The van der Waals surface area contributed by atoms with Gasteiger partial charge in [0.15, 0.2) is 0 Å². The molecular formula is C12H14N2S2. The maximum atomic E-state index is 4.64. The summed E-state index contributed by atoms with van der Waals surface area (Å²) in [7, 11) is 0.